The van der Waals surface area contributed by atoms with Gasteiger partial charge in [0.2, 0.25) is 11.8 Å². The molecule has 2 heterocycles. The highest BCUT2D eigenvalue weighted by atomic mass is 19.1. The van der Waals surface area contributed by atoms with Gasteiger partial charge in [-0.25, -0.2) is 4.39 Å². The van der Waals surface area contributed by atoms with Crippen LogP contribution in [0.2, 0.25) is 0 Å². The van der Waals surface area contributed by atoms with Crippen LogP contribution in [-0.2, 0) is 22.4 Å². The molecule has 0 saturated heterocycles. The zero-order valence-electron chi connectivity index (χ0n) is 12.5. The Morgan fingerprint density at radius 1 is 1.29 bits per heavy atom. The van der Waals surface area contributed by atoms with Crippen LogP contribution in [0.25, 0.3) is 10.9 Å². The van der Waals surface area contributed by atoms with Gasteiger partial charge >= 0.3 is 0 Å². The second-order valence-electron chi connectivity index (χ2n) is 5.68. The highest BCUT2D eigenvalue weighted by molar-refractivity contribution is 6.01. The van der Waals surface area contributed by atoms with Gasteiger partial charge < -0.3 is 10.6 Å². The van der Waals surface area contributed by atoms with E-state index in [1.807, 2.05) is 12.1 Å². The second-order valence-corrected chi connectivity index (χ2v) is 5.68. The topological polar surface area (TPSA) is 86.9 Å². The first-order valence-electron chi connectivity index (χ1n) is 7.44. The Labute approximate surface area is 136 Å². The van der Waals surface area contributed by atoms with E-state index in [4.69, 9.17) is 0 Å². The van der Waals surface area contributed by atoms with Crippen LogP contribution in [0, 0.1) is 5.82 Å². The van der Waals surface area contributed by atoms with E-state index in [0.717, 1.165) is 16.8 Å². The molecule has 0 fully saturated rings. The van der Waals surface area contributed by atoms with Crippen LogP contribution in [0.4, 0.5) is 15.9 Å². The van der Waals surface area contributed by atoms with Crippen molar-refractivity contribution in [1.82, 2.24) is 10.2 Å². The van der Waals surface area contributed by atoms with Crippen molar-refractivity contribution in [2.75, 3.05) is 10.6 Å². The molecule has 0 unspecified atom stereocenters. The largest absolute Gasteiger partial charge is 0.326 e. The van der Waals surface area contributed by atoms with Gasteiger partial charge in [-0.2, -0.15) is 5.10 Å². The van der Waals surface area contributed by atoms with E-state index in [1.165, 1.54) is 6.07 Å². The van der Waals surface area contributed by atoms with E-state index >= 15 is 0 Å². The smallest absolute Gasteiger partial charge is 0.230 e. The molecular formula is C17H13FN4O2. The Hall–Kier alpha value is -3.22. The minimum atomic E-state index is -0.447. The van der Waals surface area contributed by atoms with Crippen molar-refractivity contribution in [1.29, 1.82) is 0 Å². The summed E-state index contributed by atoms with van der Waals surface area (Å²) in [6, 6.07) is 9.99. The normalized spacial score (nSPS) is 13.0. The number of benzene rings is 2. The monoisotopic (exact) mass is 324 g/mol. The fourth-order valence-corrected chi connectivity index (χ4v) is 2.85. The standard InChI is InChI=1S/C17H13FN4O2/c18-11-2-1-3-12-16(11)17(22-21-12)20-14(23)7-9-4-5-10-8-15(24)19-13(10)6-9/h1-6H,7-8H2,(H,19,24)(H2,20,21,22,23). The predicted octanol–water partition coefficient (Wildman–Crippen LogP) is 2.38. The highest BCUT2D eigenvalue weighted by Crippen LogP contribution is 2.25. The number of aromatic amines is 1. The average molecular weight is 324 g/mol. The maximum atomic E-state index is 13.9. The number of carbonyl (C=O) groups is 2. The maximum absolute atomic E-state index is 13.9. The number of carbonyl (C=O) groups excluding carboxylic acids is 2. The van der Waals surface area contributed by atoms with Crippen molar-refractivity contribution in [2.45, 2.75) is 12.8 Å². The molecule has 0 aliphatic carbocycles. The first-order valence-corrected chi connectivity index (χ1v) is 7.44. The second kappa shape index (κ2) is 5.45. The van der Waals surface area contributed by atoms with Gasteiger partial charge in [0.1, 0.15) is 5.82 Å². The van der Waals surface area contributed by atoms with Crippen LogP contribution in [0.5, 0.6) is 0 Å². The summed E-state index contributed by atoms with van der Waals surface area (Å²) in [6.45, 7) is 0. The third kappa shape index (κ3) is 2.50. The number of amides is 2. The predicted molar refractivity (Wildman–Crippen MR) is 87.2 cm³/mol. The van der Waals surface area contributed by atoms with Crippen LogP contribution < -0.4 is 10.6 Å². The lowest BCUT2D eigenvalue weighted by Gasteiger charge is -2.05. The van der Waals surface area contributed by atoms with Gasteiger partial charge in [0.15, 0.2) is 5.82 Å². The summed E-state index contributed by atoms with van der Waals surface area (Å²) in [6.07, 6.45) is 0.465. The summed E-state index contributed by atoms with van der Waals surface area (Å²) in [5.74, 6) is -0.639. The minimum absolute atomic E-state index is 0.0509. The molecular weight excluding hydrogens is 311 g/mol. The van der Waals surface area contributed by atoms with Crippen LogP contribution >= 0.6 is 0 Å². The molecule has 0 saturated carbocycles. The van der Waals surface area contributed by atoms with E-state index in [1.54, 1.807) is 18.2 Å². The van der Waals surface area contributed by atoms with E-state index in [-0.39, 0.29) is 29.4 Å². The summed E-state index contributed by atoms with van der Waals surface area (Å²) in [5.41, 5.74) is 2.94. The summed E-state index contributed by atoms with van der Waals surface area (Å²) in [5, 5.41) is 12.3. The van der Waals surface area contributed by atoms with Gasteiger partial charge in [0, 0.05) is 5.69 Å². The Balaban J connectivity index is 1.53. The Morgan fingerprint density at radius 2 is 2.17 bits per heavy atom. The van der Waals surface area contributed by atoms with E-state index in [0.29, 0.717) is 11.9 Å². The van der Waals surface area contributed by atoms with Crippen molar-refractivity contribution in [3.8, 4) is 0 Å². The summed E-state index contributed by atoms with van der Waals surface area (Å²) in [4.78, 5) is 23.6. The first kappa shape index (κ1) is 14.4. The van der Waals surface area contributed by atoms with Crippen molar-refractivity contribution < 1.29 is 14.0 Å². The molecule has 24 heavy (non-hydrogen) atoms. The molecule has 1 aromatic heterocycles. The molecule has 6 nitrogen and oxygen atoms in total. The lowest BCUT2D eigenvalue weighted by atomic mass is 10.1. The Kier molecular flexibility index (Phi) is 3.26. The molecule has 120 valence electrons. The highest BCUT2D eigenvalue weighted by Gasteiger charge is 2.18. The van der Waals surface area contributed by atoms with Gasteiger partial charge in [-0.15, -0.1) is 0 Å². The Morgan fingerprint density at radius 3 is 3.04 bits per heavy atom. The van der Waals surface area contributed by atoms with Gasteiger partial charge in [-0.1, -0.05) is 18.2 Å². The third-order valence-electron chi connectivity index (χ3n) is 3.96. The number of hydrogen-bond donors (Lipinski definition) is 3. The molecule has 2 amide bonds. The van der Waals surface area contributed by atoms with Crippen molar-refractivity contribution >= 4 is 34.2 Å². The molecule has 4 rings (SSSR count). The zero-order valence-corrected chi connectivity index (χ0v) is 12.5. The summed E-state index contributed by atoms with van der Waals surface area (Å²) < 4.78 is 13.9. The van der Waals surface area contributed by atoms with E-state index in [9.17, 15) is 14.0 Å². The van der Waals surface area contributed by atoms with Gasteiger partial charge in [0.25, 0.3) is 0 Å². The molecule has 3 aromatic rings. The van der Waals surface area contributed by atoms with Crippen molar-refractivity contribution in [3.05, 3.63) is 53.3 Å². The number of nitrogens with zero attached hydrogens (tertiary/aromatic N) is 1. The summed E-state index contributed by atoms with van der Waals surface area (Å²) >= 11 is 0. The average Bonchev–Trinajstić information content (AvgIpc) is 3.10. The summed E-state index contributed by atoms with van der Waals surface area (Å²) in [7, 11) is 0. The number of fused-ring (bicyclic) bond motifs is 2. The van der Waals surface area contributed by atoms with Crippen molar-refractivity contribution in [2.24, 2.45) is 0 Å². The lowest BCUT2D eigenvalue weighted by Crippen LogP contribution is -2.15. The number of nitrogens with one attached hydrogen (secondary N) is 3. The number of anilines is 2. The van der Waals surface area contributed by atoms with E-state index in [2.05, 4.69) is 20.8 Å². The molecule has 7 heteroatoms. The molecule has 0 spiro atoms. The SMILES string of the molecule is O=C1Cc2ccc(CC(=O)Nc3n[nH]c4cccc(F)c34)cc2N1. The molecule has 0 atom stereocenters. The maximum Gasteiger partial charge on any atom is 0.230 e. The number of aromatic nitrogens is 2. The molecule has 1 aliphatic heterocycles. The van der Waals surface area contributed by atoms with Crippen LogP contribution in [0.1, 0.15) is 11.1 Å². The van der Waals surface area contributed by atoms with Gasteiger partial charge in [-0.05, 0) is 29.3 Å². The quantitative estimate of drug-likeness (QED) is 0.691. The number of hydrogen-bond acceptors (Lipinski definition) is 3. The number of H-pyrrole nitrogens is 1. The first-order chi connectivity index (χ1) is 11.6. The molecule has 2 aromatic carbocycles. The van der Waals surface area contributed by atoms with Crippen LogP contribution in [0.15, 0.2) is 36.4 Å². The third-order valence-corrected chi connectivity index (χ3v) is 3.96. The minimum Gasteiger partial charge on any atom is -0.326 e. The molecule has 1 aliphatic rings. The van der Waals surface area contributed by atoms with E-state index < -0.39 is 5.82 Å². The number of rotatable bonds is 3. The fraction of sp³-hybridized carbons (Fsp3) is 0.118. The van der Waals surface area contributed by atoms with Crippen molar-refractivity contribution in [3.63, 3.8) is 0 Å². The molecule has 0 bridgehead atoms. The van der Waals surface area contributed by atoms with Gasteiger partial charge in [0.05, 0.1) is 23.7 Å². The zero-order chi connectivity index (χ0) is 16.7. The van der Waals surface area contributed by atoms with Crippen LogP contribution in [0.3, 0.4) is 0 Å². The number of halogens is 1. The lowest BCUT2D eigenvalue weighted by molar-refractivity contribution is -0.116. The fourth-order valence-electron chi connectivity index (χ4n) is 2.85. The Bertz CT molecular complexity index is 980. The van der Waals surface area contributed by atoms with Gasteiger partial charge in [-0.3, -0.25) is 14.7 Å². The molecule has 3 N–H and O–H groups in total. The molecule has 0 radical (unpaired) electrons. The van der Waals surface area contributed by atoms with Crippen LogP contribution in [-0.4, -0.2) is 22.0 Å².